The van der Waals surface area contributed by atoms with E-state index in [1.54, 1.807) is 36.5 Å². The molecule has 196 valence electrons. The van der Waals surface area contributed by atoms with Gasteiger partial charge in [0.05, 0.1) is 28.0 Å². The van der Waals surface area contributed by atoms with Crippen LogP contribution in [0.15, 0.2) is 58.4 Å². The van der Waals surface area contributed by atoms with E-state index in [4.69, 9.17) is 39.5 Å². The number of rotatable bonds is 6. The fourth-order valence-corrected chi connectivity index (χ4v) is 7.46. The number of hydrogen-bond acceptors (Lipinski definition) is 6. The van der Waals surface area contributed by atoms with Crippen molar-refractivity contribution in [3.05, 3.63) is 74.1 Å². The van der Waals surface area contributed by atoms with Crippen molar-refractivity contribution in [2.24, 2.45) is 0 Å². The van der Waals surface area contributed by atoms with Crippen molar-refractivity contribution in [1.29, 1.82) is 0 Å². The lowest BCUT2D eigenvalue weighted by molar-refractivity contribution is 0.205. The molecular weight excluding hydrogens is 559 g/mol. The molecule has 2 heterocycles. The molecule has 2 aliphatic rings. The van der Waals surface area contributed by atoms with Gasteiger partial charge in [0.15, 0.2) is 0 Å². The lowest BCUT2D eigenvalue weighted by Crippen LogP contribution is -2.49. The Morgan fingerprint density at radius 1 is 0.919 bits per heavy atom. The summed E-state index contributed by atoms with van der Waals surface area (Å²) in [6.45, 7) is 1.05. The molecular formula is C25H25Cl3N4O4S. The SMILES string of the molecule is O=c1c(OC2CCCC2)c(N2CCN(S(=O)(=O)c3c(Cl)cccc3Cl)CC2)cnn1-c1cccc(Cl)c1. The molecule has 0 amide bonds. The van der Waals surface area contributed by atoms with Gasteiger partial charge in [-0.3, -0.25) is 4.79 Å². The van der Waals surface area contributed by atoms with Gasteiger partial charge in [-0.25, -0.2) is 8.42 Å². The number of halogens is 3. The Bertz CT molecular complexity index is 1450. The summed E-state index contributed by atoms with van der Waals surface area (Å²) in [5, 5.41) is 5.05. The topological polar surface area (TPSA) is 84.7 Å². The van der Waals surface area contributed by atoms with Crippen LogP contribution in [0.3, 0.4) is 0 Å². The van der Waals surface area contributed by atoms with E-state index in [2.05, 4.69) is 5.10 Å². The minimum Gasteiger partial charge on any atom is -0.483 e. The molecule has 1 saturated heterocycles. The number of hydrogen-bond donors (Lipinski definition) is 0. The van der Waals surface area contributed by atoms with Crippen molar-refractivity contribution in [2.45, 2.75) is 36.7 Å². The lowest BCUT2D eigenvalue weighted by atomic mass is 10.2. The smallest absolute Gasteiger partial charge is 0.316 e. The van der Waals surface area contributed by atoms with Gasteiger partial charge in [0, 0.05) is 31.2 Å². The van der Waals surface area contributed by atoms with Gasteiger partial charge in [0.2, 0.25) is 15.8 Å². The summed E-state index contributed by atoms with van der Waals surface area (Å²) in [6, 6.07) is 11.5. The molecule has 12 heteroatoms. The standard InChI is InChI=1S/C25H25Cl3N4O4S/c26-17-5-3-6-18(15-17)32-25(33)23(36-19-7-1-2-8-19)22(16-29-32)30-11-13-31(14-12-30)37(34,35)24-20(27)9-4-10-21(24)28/h3-6,9-10,15-16,19H,1-2,7-8,11-14H2. The molecule has 37 heavy (non-hydrogen) atoms. The maximum absolute atomic E-state index is 13.6. The molecule has 5 rings (SSSR count). The highest BCUT2D eigenvalue weighted by atomic mass is 35.5. The number of benzene rings is 2. The van der Waals surface area contributed by atoms with Crippen molar-refractivity contribution in [3.8, 4) is 11.4 Å². The maximum atomic E-state index is 13.6. The van der Waals surface area contributed by atoms with E-state index < -0.39 is 10.0 Å². The highest BCUT2D eigenvalue weighted by Gasteiger charge is 2.33. The second-order valence-corrected chi connectivity index (χ2v) is 12.1. The number of anilines is 1. The van der Waals surface area contributed by atoms with Crippen molar-refractivity contribution in [2.75, 3.05) is 31.1 Å². The van der Waals surface area contributed by atoms with Gasteiger partial charge in [-0.1, -0.05) is 46.9 Å². The summed E-state index contributed by atoms with van der Waals surface area (Å²) in [5.74, 6) is 0.215. The van der Waals surface area contributed by atoms with E-state index in [-0.39, 0.29) is 45.4 Å². The Hall–Kier alpha value is -2.30. The van der Waals surface area contributed by atoms with E-state index in [0.717, 1.165) is 25.7 Å². The van der Waals surface area contributed by atoms with E-state index in [0.29, 0.717) is 29.5 Å². The zero-order valence-corrected chi connectivity index (χ0v) is 22.9. The van der Waals surface area contributed by atoms with Crippen LogP contribution in [0.1, 0.15) is 25.7 Å². The van der Waals surface area contributed by atoms with Crippen LogP contribution >= 0.6 is 34.8 Å². The number of aromatic nitrogens is 2. The molecule has 8 nitrogen and oxygen atoms in total. The molecule has 2 aromatic carbocycles. The maximum Gasteiger partial charge on any atom is 0.316 e. The largest absolute Gasteiger partial charge is 0.483 e. The first-order valence-electron chi connectivity index (χ1n) is 12.0. The molecule has 2 fully saturated rings. The highest BCUT2D eigenvalue weighted by Crippen LogP contribution is 2.34. The van der Waals surface area contributed by atoms with Crippen LogP contribution in [0.5, 0.6) is 5.75 Å². The molecule has 3 aromatic rings. The molecule has 0 radical (unpaired) electrons. The van der Waals surface area contributed by atoms with Gasteiger partial charge in [-0.2, -0.15) is 14.1 Å². The lowest BCUT2D eigenvalue weighted by Gasteiger charge is -2.36. The Morgan fingerprint density at radius 3 is 2.22 bits per heavy atom. The second-order valence-electron chi connectivity index (χ2n) is 9.02. The highest BCUT2D eigenvalue weighted by molar-refractivity contribution is 7.89. The summed E-state index contributed by atoms with van der Waals surface area (Å²) in [6.07, 6.45) is 5.41. The van der Waals surface area contributed by atoms with E-state index in [1.807, 2.05) is 4.90 Å². The van der Waals surface area contributed by atoms with Gasteiger partial charge < -0.3 is 9.64 Å². The molecule has 0 bridgehead atoms. The van der Waals surface area contributed by atoms with Crippen LogP contribution in [-0.2, 0) is 10.0 Å². The normalized spacial score (nSPS) is 17.3. The molecule has 0 atom stereocenters. The van der Waals surface area contributed by atoms with Crippen LogP contribution in [0.2, 0.25) is 15.1 Å². The number of nitrogens with zero attached hydrogens (tertiary/aromatic N) is 4. The minimum atomic E-state index is -3.90. The minimum absolute atomic E-state index is 0.0503. The Kier molecular flexibility index (Phi) is 7.70. The fourth-order valence-electron chi connectivity index (χ4n) is 4.76. The molecule has 0 unspecified atom stereocenters. The number of ether oxygens (including phenoxy) is 1. The Morgan fingerprint density at radius 2 is 1.57 bits per heavy atom. The quantitative estimate of drug-likeness (QED) is 0.405. The van der Waals surface area contributed by atoms with Crippen molar-refractivity contribution < 1.29 is 13.2 Å². The predicted octanol–water partition coefficient (Wildman–Crippen LogP) is 5.03. The van der Waals surface area contributed by atoms with Gasteiger partial charge in [0.1, 0.15) is 10.6 Å². The molecule has 0 spiro atoms. The summed E-state index contributed by atoms with van der Waals surface area (Å²) in [7, 11) is -3.90. The van der Waals surface area contributed by atoms with Gasteiger partial charge in [-0.05, 0) is 56.0 Å². The molecule has 1 aliphatic carbocycles. The molecule has 1 aliphatic heterocycles. The summed E-state index contributed by atoms with van der Waals surface area (Å²) < 4.78 is 35.5. The third kappa shape index (κ3) is 5.33. The summed E-state index contributed by atoms with van der Waals surface area (Å²) >= 11 is 18.5. The first kappa shape index (κ1) is 26.3. The first-order valence-corrected chi connectivity index (χ1v) is 14.6. The summed E-state index contributed by atoms with van der Waals surface area (Å²) in [5.41, 5.74) is 0.695. The van der Waals surface area contributed by atoms with Crippen LogP contribution < -0.4 is 15.2 Å². The Balaban J connectivity index is 1.44. The Labute approximate surface area is 230 Å². The first-order chi connectivity index (χ1) is 17.8. The van der Waals surface area contributed by atoms with Crippen LogP contribution in [0, 0.1) is 0 Å². The predicted molar refractivity (Wildman–Crippen MR) is 145 cm³/mol. The average molecular weight is 584 g/mol. The fraction of sp³-hybridized carbons (Fsp3) is 0.360. The van der Waals surface area contributed by atoms with Gasteiger partial charge >= 0.3 is 5.56 Å². The van der Waals surface area contributed by atoms with Crippen LogP contribution in [0.25, 0.3) is 5.69 Å². The third-order valence-corrected chi connectivity index (χ3v) is 9.74. The third-order valence-electron chi connectivity index (χ3n) is 6.65. The zero-order valence-electron chi connectivity index (χ0n) is 19.8. The second kappa shape index (κ2) is 10.8. The summed E-state index contributed by atoms with van der Waals surface area (Å²) in [4.78, 5) is 15.4. The van der Waals surface area contributed by atoms with E-state index >= 15 is 0 Å². The van der Waals surface area contributed by atoms with Gasteiger partial charge in [-0.15, -0.1) is 0 Å². The number of piperazine rings is 1. The zero-order chi connectivity index (χ0) is 26.2. The average Bonchev–Trinajstić information content (AvgIpc) is 3.38. The monoisotopic (exact) mass is 582 g/mol. The molecule has 1 aromatic heterocycles. The van der Waals surface area contributed by atoms with Crippen molar-refractivity contribution in [3.63, 3.8) is 0 Å². The van der Waals surface area contributed by atoms with Crippen molar-refractivity contribution in [1.82, 2.24) is 14.1 Å². The molecule has 1 saturated carbocycles. The van der Waals surface area contributed by atoms with Crippen LogP contribution in [0.4, 0.5) is 5.69 Å². The van der Waals surface area contributed by atoms with Gasteiger partial charge in [0.25, 0.3) is 0 Å². The number of sulfonamides is 1. The van der Waals surface area contributed by atoms with Crippen molar-refractivity contribution >= 4 is 50.5 Å². The van der Waals surface area contributed by atoms with E-state index in [1.165, 1.54) is 21.1 Å². The van der Waals surface area contributed by atoms with E-state index in [9.17, 15) is 13.2 Å². The molecule has 0 N–H and O–H groups in total. The van der Waals surface area contributed by atoms with Crippen LogP contribution in [-0.4, -0.2) is 54.8 Å².